The lowest BCUT2D eigenvalue weighted by atomic mass is 10.0. The van der Waals surface area contributed by atoms with Crippen molar-refractivity contribution in [3.63, 3.8) is 0 Å². The van der Waals surface area contributed by atoms with Gasteiger partial charge in [0, 0.05) is 51.4 Å². The maximum atomic E-state index is 11.5. The summed E-state index contributed by atoms with van der Waals surface area (Å²) in [5.74, 6) is -0.363. The third-order valence-corrected chi connectivity index (χ3v) is 3.14. The van der Waals surface area contributed by atoms with Crippen LogP contribution in [0.1, 0.15) is 64.7 Å². The summed E-state index contributed by atoms with van der Waals surface area (Å²) in [5, 5.41) is -0.469. The zero-order chi connectivity index (χ0) is 16.3. The Hall–Kier alpha value is -1.36. The summed E-state index contributed by atoms with van der Waals surface area (Å²) in [6.07, 6.45) is 1.68. The van der Waals surface area contributed by atoms with Crippen LogP contribution < -0.4 is 0 Å². The number of carbonyl (C=O) groups excluding carboxylic acids is 5. The zero-order valence-electron chi connectivity index (χ0n) is 12.3. The predicted molar refractivity (Wildman–Crippen MR) is 78.1 cm³/mol. The summed E-state index contributed by atoms with van der Waals surface area (Å²) in [4.78, 5) is 55.5. The van der Waals surface area contributed by atoms with Gasteiger partial charge < -0.3 is 4.79 Å². The molecule has 0 N–H and O–H groups in total. The topological polar surface area (TPSA) is 85.3 Å². The van der Waals surface area contributed by atoms with Gasteiger partial charge >= 0.3 is 0 Å². The standard InChI is InChI=1S/C15H21ClO5/c1-11(17)5-6-13(19)9-10-14(20)8-7-12(18)3-2-4-15(16)21/h2-10H2,1H3. The van der Waals surface area contributed by atoms with E-state index in [1.807, 2.05) is 0 Å². The molecule has 6 heteroatoms. The first-order valence-corrected chi connectivity index (χ1v) is 7.42. The number of rotatable bonds is 13. The molecule has 0 aliphatic carbocycles. The van der Waals surface area contributed by atoms with Crippen LogP contribution in [0.5, 0.6) is 0 Å². The van der Waals surface area contributed by atoms with E-state index in [0.29, 0.717) is 6.42 Å². The lowest BCUT2D eigenvalue weighted by molar-refractivity contribution is -0.126. The van der Waals surface area contributed by atoms with Crippen molar-refractivity contribution < 1.29 is 24.0 Å². The number of halogens is 1. The van der Waals surface area contributed by atoms with Gasteiger partial charge in [-0.2, -0.15) is 0 Å². The van der Waals surface area contributed by atoms with Crippen LogP contribution in [0.4, 0.5) is 0 Å². The number of hydrogen-bond donors (Lipinski definition) is 0. The highest BCUT2D eigenvalue weighted by molar-refractivity contribution is 6.63. The molecule has 0 aromatic carbocycles. The molecule has 0 aliphatic heterocycles. The Morgan fingerprint density at radius 1 is 0.619 bits per heavy atom. The molecular formula is C15H21ClO5. The SMILES string of the molecule is CC(=O)CCC(=O)CCC(=O)CCC(=O)CCCC(=O)Cl. The summed E-state index contributed by atoms with van der Waals surface area (Å²) in [6.45, 7) is 1.42. The van der Waals surface area contributed by atoms with Gasteiger partial charge in [0.05, 0.1) is 0 Å². The second-order valence-corrected chi connectivity index (χ2v) is 5.45. The molecule has 0 spiro atoms. The van der Waals surface area contributed by atoms with Crippen molar-refractivity contribution in [3.8, 4) is 0 Å². The molecule has 0 radical (unpaired) electrons. The quantitative estimate of drug-likeness (QED) is 0.487. The van der Waals surface area contributed by atoms with Crippen LogP contribution in [0.25, 0.3) is 0 Å². The fourth-order valence-electron chi connectivity index (χ4n) is 1.67. The molecule has 0 aromatic rings. The van der Waals surface area contributed by atoms with E-state index >= 15 is 0 Å². The molecule has 0 aromatic heterocycles. The van der Waals surface area contributed by atoms with Crippen molar-refractivity contribution in [2.75, 3.05) is 0 Å². The molecule has 0 heterocycles. The molecule has 21 heavy (non-hydrogen) atoms. The van der Waals surface area contributed by atoms with E-state index in [0.717, 1.165) is 0 Å². The second-order valence-electron chi connectivity index (χ2n) is 5.03. The number of Topliss-reactive ketones (excluding diaryl/α,β-unsaturated/α-hetero) is 4. The van der Waals surface area contributed by atoms with Crippen LogP contribution in [0, 0.1) is 0 Å². The summed E-state index contributed by atoms with van der Waals surface area (Å²) in [6, 6.07) is 0. The molecule has 0 rings (SSSR count). The van der Waals surface area contributed by atoms with Crippen LogP contribution in [0.2, 0.25) is 0 Å². The van der Waals surface area contributed by atoms with Gasteiger partial charge in [0.25, 0.3) is 0 Å². The predicted octanol–water partition coefficient (Wildman–Crippen LogP) is 2.56. The zero-order valence-corrected chi connectivity index (χ0v) is 13.0. The maximum absolute atomic E-state index is 11.5. The van der Waals surface area contributed by atoms with Gasteiger partial charge in [0.1, 0.15) is 23.1 Å². The Bertz CT molecular complexity index is 414. The Balaban J connectivity index is 3.70. The molecule has 0 unspecified atom stereocenters. The molecule has 0 saturated heterocycles. The molecule has 0 fully saturated rings. The number of ketones is 4. The van der Waals surface area contributed by atoms with E-state index < -0.39 is 5.24 Å². The molecule has 5 nitrogen and oxygen atoms in total. The lowest BCUT2D eigenvalue weighted by Crippen LogP contribution is -2.08. The minimum atomic E-state index is -0.469. The normalized spacial score (nSPS) is 10.2. The molecule has 0 bridgehead atoms. The fraction of sp³-hybridized carbons (Fsp3) is 0.667. The van der Waals surface area contributed by atoms with Crippen molar-refractivity contribution >= 4 is 40.0 Å². The van der Waals surface area contributed by atoms with E-state index in [1.54, 1.807) is 0 Å². The highest BCUT2D eigenvalue weighted by Gasteiger charge is 2.10. The van der Waals surface area contributed by atoms with Crippen LogP contribution in [-0.4, -0.2) is 28.4 Å². The fourth-order valence-corrected chi connectivity index (χ4v) is 1.81. The van der Waals surface area contributed by atoms with Crippen molar-refractivity contribution in [3.05, 3.63) is 0 Å². The van der Waals surface area contributed by atoms with Gasteiger partial charge in [-0.1, -0.05) is 0 Å². The van der Waals surface area contributed by atoms with Crippen LogP contribution in [0.15, 0.2) is 0 Å². The first-order chi connectivity index (χ1) is 9.81. The van der Waals surface area contributed by atoms with E-state index in [-0.39, 0.29) is 74.5 Å². The molecule has 0 atom stereocenters. The molecule has 0 amide bonds. The van der Waals surface area contributed by atoms with Crippen molar-refractivity contribution in [1.29, 1.82) is 0 Å². The highest BCUT2D eigenvalue weighted by atomic mass is 35.5. The first-order valence-electron chi connectivity index (χ1n) is 7.04. The summed E-state index contributed by atoms with van der Waals surface area (Å²) < 4.78 is 0. The smallest absolute Gasteiger partial charge is 0.221 e. The summed E-state index contributed by atoms with van der Waals surface area (Å²) in [5.41, 5.74) is 0. The second kappa shape index (κ2) is 11.3. The first kappa shape index (κ1) is 19.6. The van der Waals surface area contributed by atoms with Crippen molar-refractivity contribution in [2.45, 2.75) is 64.7 Å². The van der Waals surface area contributed by atoms with Gasteiger partial charge in [-0.05, 0) is 24.9 Å². The van der Waals surface area contributed by atoms with E-state index in [2.05, 4.69) is 0 Å². The minimum Gasteiger partial charge on any atom is -0.300 e. The summed E-state index contributed by atoms with van der Waals surface area (Å²) in [7, 11) is 0. The van der Waals surface area contributed by atoms with E-state index in [1.165, 1.54) is 6.92 Å². The molecule has 0 aliphatic rings. The largest absolute Gasteiger partial charge is 0.300 e. The average Bonchev–Trinajstić information content (AvgIpc) is 2.40. The number of hydrogen-bond acceptors (Lipinski definition) is 5. The lowest BCUT2D eigenvalue weighted by Gasteiger charge is -2.01. The Kier molecular flexibility index (Phi) is 10.6. The van der Waals surface area contributed by atoms with Gasteiger partial charge in [-0.15, -0.1) is 0 Å². The maximum Gasteiger partial charge on any atom is 0.221 e. The molecular weight excluding hydrogens is 296 g/mol. The van der Waals surface area contributed by atoms with Gasteiger partial charge in [0.15, 0.2) is 0 Å². The Morgan fingerprint density at radius 2 is 1.00 bits per heavy atom. The van der Waals surface area contributed by atoms with Crippen LogP contribution in [0.3, 0.4) is 0 Å². The van der Waals surface area contributed by atoms with E-state index in [4.69, 9.17) is 11.6 Å². The van der Waals surface area contributed by atoms with Crippen molar-refractivity contribution in [2.24, 2.45) is 0 Å². The summed E-state index contributed by atoms with van der Waals surface area (Å²) >= 11 is 5.15. The Morgan fingerprint density at radius 3 is 1.38 bits per heavy atom. The number of carbonyl (C=O) groups is 5. The monoisotopic (exact) mass is 316 g/mol. The van der Waals surface area contributed by atoms with Gasteiger partial charge in [-0.25, -0.2) is 0 Å². The molecule has 118 valence electrons. The van der Waals surface area contributed by atoms with Crippen molar-refractivity contribution in [1.82, 2.24) is 0 Å². The van der Waals surface area contributed by atoms with Crippen LogP contribution >= 0.6 is 11.6 Å². The van der Waals surface area contributed by atoms with Crippen LogP contribution in [-0.2, 0) is 24.0 Å². The van der Waals surface area contributed by atoms with E-state index in [9.17, 15) is 24.0 Å². The van der Waals surface area contributed by atoms with Gasteiger partial charge in [-0.3, -0.25) is 19.2 Å². The van der Waals surface area contributed by atoms with Gasteiger partial charge in [0.2, 0.25) is 5.24 Å². The average molecular weight is 317 g/mol. The highest BCUT2D eigenvalue weighted by Crippen LogP contribution is 2.07. The molecule has 0 saturated carbocycles. The Labute approximate surface area is 129 Å². The third kappa shape index (κ3) is 13.4. The minimum absolute atomic E-state index is 0.0456. The third-order valence-electron chi connectivity index (χ3n) is 2.95.